The Bertz CT molecular complexity index is 1410. The molecule has 0 spiro atoms. The Hall–Kier alpha value is -3.78. The third-order valence-corrected chi connectivity index (χ3v) is 6.47. The average Bonchev–Trinajstić information content (AvgIpc) is 3.14. The Labute approximate surface area is 194 Å². The SMILES string of the molecule is Cc1ccc(NC(=O)Cn2cnc3sc(C(=O)OCc4ccccc4)c(C)c3c2=O)c(C)c1. The normalized spacial score (nSPS) is 10.9. The maximum absolute atomic E-state index is 13.1. The zero-order chi connectivity index (χ0) is 23.5. The number of ether oxygens (including phenoxy) is 1. The monoisotopic (exact) mass is 461 g/mol. The molecule has 2 heterocycles. The van der Waals surface area contributed by atoms with E-state index < -0.39 is 5.97 Å². The maximum atomic E-state index is 13.1. The van der Waals surface area contributed by atoms with Crippen LogP contribution in [0.5, 0.6) is 0 Å². The number of benzene rings is 2. The van der Waals surface area contributed by atoms with E-state index in [-0.39, 0.29) is 24.6 Å². The highest BCUT2D eigenvalue weighted by atomic mass is 32.1. The van der Waals surface area contributed by atoms with Crippen LogP contribution in [0.1, 0.15) is 31.9 Å². The number of nitrogens with one attached hydrogen (secondary N) is 1. The summed E-state index contributed by atoms with van der Waals surface area (Å²) in [5.74, 6) is -0.835. The third-order valence-electron chi connectivity index (χ3n) is 5.29. The van der Waals surface area contributed by atoms with Gasteiger partial charge in [-0.3, -0.25) is 14.2 Å². The number of esters is 1. The molecular weight excluding hydrogens is 438 g/mol. The summed E-state index contributed by atoms with van der Waals surface area (Å²) >= 11 is 1.12. The van der Waals surface area contributed by atoms with Gasteiger partial charge in [0.25, 0.3) is 5.56 Å². The van der Waals surface area contributed by atoms with E-state index in [4.69, 9.17) is 4.74 Å². The molecule has 1 amide bonds. The Morgan fingerprint density at radius 1 is 1.09 bits per heavy atom. The molecule has 4 rings (SSSR count). The van der Waals surface area contributed by atoms with Gasteiger partial charge in [-0.15, -0.1) is 11.3 Å². The quantitative estimate of drug-likeness (QED) is 0.431. The molecule has 0 radical (unpaired) electrons. The number of rotatable bonds is 6. The molecule has 0 aliphatic rings. The Morgan fingerprint density at radius 2 is 1.85 bits per heavy atom. The van der Waals surface area contributed by atoms with E-state index in [1.807, 2.05) is 62.4 Å². The molecule has 0 atom stereocenters. The lowest BCUT2D eigenvalue weighted by molar-refractivity contribution is -0.116. The minimum atomic E-state index is -0.502. The first-order chi connectivity index (χ1) is 15.8. The molecule has 0 bridgehead atoms. The zero-order valence-corrected chi connectivity index (χ0v) is 19.4. The number of nitrogens with zero attached hydrogens (tertiary/aromatic N) is 2. The van der Waals surface area contributed by atoms with Gasteiger partial charge in [0.2, 0.25) is 5.91 Å². The molecule has 33 heavy (non-hydrogen) atoms. The van der Waals surface area contributed by atoms with Gasteiger partial charge in [-0.05, 0) is 43.5 Å². The second-order valence-electron chi connectivity index (χ2n) is 7.84. The van der Waals surface area contributed by atoms with Gasteiger partial charge in [0.1, 0.15) is 22.9 Å². The predicted molar refractivity (Wildman–Crippen MR) is 129 cm³/mol. The van der Waals surface area contributed by atoms with Gasteiger partial charge in [-0.1, -0.05) is 48.0 Å². The van der Waals surface area contributed by atoms with Crippen molar-refractivity contribution in [3.8, 4) is 0 Å². The van der Waals surface area contributed by atoms with Crippen LogP contribution in [-0.2, 0) is 22.7 Å². The van der Waals surface area contributed by atoms with E-state index in [0.717, 1.165) is 28.0 Å². The Kier molecular flexibility index (Phi) is 6.37. The number of hydrogen-bond donors (Lipinski definition) is 1. The second-order valence-corrected chi connectivity index (χ2v) is 8.84. The van der Waals surface area contributed by atoms with Gasteiger partial charge in [-0.2, -0.15) is 0 Å². The number of aryl methyl sites for hydroxylation is 3. The van der Waals surface area contributed by atoms with Crippen LogP contribution >= 0.6 is 11.3 Å². The van der Waals surface area contributed by atoms with Crippen LogP contribution in [0.2, 0.25) is 0 Å². The van der Waals surface area contributed by atoms with Crippen molar-refractivity contribution >= 4 is 39.1 Å². The van der Waals surface area contributed by atoms with E-state index in [1.165, 1.54) is 10.9 Å². The van der Waals surface area contributed by atoms with Crippen molar-refractivity contribution in [2.75, 3.05) is 5.32 Å². The molecule has 168 valence electrons. The number of amides is 1. The van der Waals surface area contributed by atoms with Crippen molar-refractivity contribution in [3.63, 3.8) is 0 Å². The number of fused-ring (bicyclic) bond motifs is 1. The molecule has 4 aromatic rings. The topological polar surface area (TPSA) is 90.3 Å². The molecule has 0 saturated heterocycles. The summed E-state index contributed by atoms with van der Waals surface area (Å²) in [6, 6.07) is 15.1. The van der Waals surface area contributed by atoms with E-state index in [9.17, 15) is 14.4 Å². The third kappa shape index (κ3) is 4.85. The summed E-state index contributed by atoms with van der Waals surface area (Å²) in [6.07, 6.45) is 1.33. The number of anilines is 1. The summed E-state index contributed by atoms with van der Waals surface area (Å²) in [4.78, 5) is 43.3. The molecule has 0 aliphatic heterocycles. The lowest BCUT2D eigenvalue weighted by Gasteiger charge is -2.10. The summed E-state index contributed by atoms with van der Waals surface area (Å²) in [5.41, 5.74) is 3.75. The highest BCUT2D eigenvalue weighted by molar-refractivity contribution is 7.20. The van der Waals surface area contributed by atoms with Gasteiger partial charge >= 0.3 is 5.97 Å². The average molecular weight is 462 g/mol. The first-order valence-electron chi connectivity index (χ1n) is 10.4. The van der Waals surface area contributed by atoms with Crippen LogP contribution in [-0.4, -0.2) is 21.4 Å². The minimum absolute atomic E-state index is 0.142. The fourth-order valence-corrected chi connectivity index (χ4v) is 4.59. The number of hydrogen-bond acceptors (Lipinski definition) is 6. The number of carbonyl (C=O) groups excluding carboxylic acids is 2. The highest BCUT2D eigenvalue weighted by Crippen LogP contribution is 2.27. The fourth-order valence-electron chi connectivity index (χ4n) is 3.55. The maximum Gasteiger partial charge on any atom is 0.349 e. The van der Waals surface area contributed by atoms with E-state index in [0.29, 0.717) is 26.3 Å². The molecule has 0 saturated carbocycles. The predicted octanol–water partition coefficient (Wildman–Crippen LogP) is 4.38. The van der Waals surface area contributed by atoms with Crippen molar-refractivity contribution in [2.24, 2.45) is 0 Å². The van der Waals surface area contributed by atoms with Crippen LogP contribution < -0.4 is 10.9 Å². The Morgan fingerprint density at radius 3 is 2.58 bits per heavy atom. The number of thiophene rings is 1. The van der Waals surface area contributed by atoms with Crippen LogP contribution in [0.4, 0.5) is 5.69 Å². The lowest BCUT2D eigenvalue weighted by atomic mass is 10.1. The summed E-state index contributed by atoms with van der Waals surface area (Å²) in [7, 11) is 0. The van der Waals surface area contributed by atoms with E-state index in [2.05, 4.69) is 10.3 Å². The van der Waals surface area contributed by atoms with Gasteiger partial charge in [0.15, 0.2) is 0 Å². The summed E-state index contributed by atoms with van der Waals surface area (Å²) < 4.78 is 6.67. The van der Waals surface area contributed by atoms with Crippen molar-refractivity contribution in [2.45, 2.75) is 33.9 Å². The van der Waals surface area contributed by atoms with Crippen molar-refractivity contribution in [1.82, 2.24) is 9.55 Å². The van der Waals surface area contributed by atoms with Crippen LogP contribution in [0.15, 0.2) is 59.7 Å². The zero-order valence-electron chi connectivity index (χ0n) is 18.5. The van der Waals surface area contributed by atoms with Crippen LogP contribution in [0, 0.1) is 20.8 Å². The summed E-state index contributed by atoms with van der Waals surface area (Å²) in [5, 5.41) is 3.16. The van der Waals surface area contributed by atoms with Gasteiger partial charge in [0, 0.05) is 5.69 Å². The van der Waals surface area contributed by atoms with Crippen LogP contribution in [0.3, 0.4) is 0 Å². The molecule has 0 fully saturated rings. The van der Waals surface area contributed by atoms with Crippen molar-refractivity contribution in [3.05, 3.63) is 92.3 Å². The number of aromatic nitrogens is 2. The first kappa shape index (κ1) is 22.4. The first-order valence-corrected chi connectivity index (χ1v) is 11.2. The van der Waals surface area contributed by atoms with E-state index >= 15 is 0 Å². The van der Waals surface area contributed by atoms with Gasteiger partial charge < -0.3 is 10.1 Å². The van der Waals surface area contributed by atoms with Crippen molar-refractivity contribution < 1.29 is 14.3 Å². The Balaban J connectivity index is 1.53. The second kappa shape index (κ2) is 9.38. The standard InChI is InChI=1S/C25H23N3O4S/c1-15-9-10-19(16(2)11-15)27-20(29)12-28-14-26-23-21(24(28)30)17(3)22(33-23)25(31)32-13-18-7-5-4-6-8-18/h4-11,14H,12-13H2,1-3H3,(H,27,29). The highest BCUT2D eigenvalue weighted by Gasteiger charge is 2.21. The fraction of sp³-hybridized carbons (Fsp3) is 0.200. The molecular formula is C25H23N3O4S. The molecule has 7 nitrogen and oxygen atoms in total. The largest absolute Gasteiger partial charge is 0.457 e. The molecule has 8 heteroatoms. The van der Waals surface area contributed by atoms with Gasteiger partial charge in [0.05, 0.1) is 11.7 Å². The molecule has 0 aliphatic carbocycles. The minimum Gasteiger partial charge on any atom is -0.457 e. The molecule has 0 unspecified atom stereocenters. The molecule has 2 aromatic heterocycles. The van der Waals surface area contributed by atoms with E-state index in [1.54, 1.807) is 6.92 Å². The number of carbonyl (C=O) groups is 2. The van der Waals surface area contributed by atoms with Crippen molar-refractivity contribution in [1.29, 1.82) is 0 Å². The molecule has 1 N–H and O–H groups in total. The lowest BCUT2D eigenvalue weighted by Crippen LogP contribution is -2.28. The molecule has 2 aromatic carbocycles. The van der Waals surface area contributed by atoms with Gasteiger partial charge in [-0.25, -0.2) is 9.78 Å². The smallest absolute Gasteiger partial charge is 0.349 e. The van der Waals surface area contributed by atoms with Crippen LogP contribution in [0.25, 0.3) is 10.2 Å². The summed E-state index contributed by atoms with van der Waals surface area (Å²) in [6.45, 7) is 5.55.